The van der Waals surface area contributed by atoms with Crippen LogP contribution in [0, 0.1) is 0 Å². The zero-order valence-electron chi connectivity index (χ0n) is 12.7. The van der Waals surface area contributed by atoms with Crippen LogP contribution in [0.1, 0.15) is 25.2 Å². The van der Waals surface area contributed by atoms with Gasteiger partial charge in [0.25, 0.3) is 0 Å². The summed E-state index contributed by atoms with van der Waals surface area (Å²) in [6.07, 6.45) is 2.60. The Labute approximate surface area is 131 Å². The smallest absolute Gasteiger partial charge is 0.240 e. The van der Waals surface area contributed by atoms with Gasteiger partial charge >= 0.3 is 0 Å². The van der Waals surface area contributed by atoms with Gasteiger partial charge in [-0.2, -0.15) is 0 Å². The van der Waals surface area contributed by atoms with Crippen molar-refractivity contribution < 1.29 is 17.9 Å². The number of rotatable bonds is 7. The molecule has 0 aliphatic carbocycles. The van der Waals surface area contributed by atoms with E-state index in [9.17, 15) is 13.5 Å². The van der Waals surface area contributed by atoms with E-state index < -0.39 is 15.6 Å². The van der Waals surface area contributed by atoms with Gasteiger partial charge in [0.05, 0.1) is 16.8 Å². The molecule has 5 nitrogen and oxygen atoms in total. The Kier molecular flexibility index (Phi) is 5.05. The van der Waals surface area contributed by atoms with Gasteiger partial charge in [-0.05, 0) is 43.2 Å². The molecule has 1 atom stereocenters. The SMILES string of the molecule is CCc1ccc(S(=O)(=O)NCC(C)(O)Cc2ccco2)cc1. The van der Waals surface area contributed by atoms with Crippen molar-refractivity contribution in [2.75, 3.05) is 6.54 Å². The molecule has 2 aromatic rings. The molecule has 0 saturated carbocycles. The first-order chi connectivity index (χ1) is 10.3. The van der Waals surface area contributed by atoms with Crippen molar-refractivity contribution in [3.8, 4) is 0 Å². The van der Waals surface area contributed by atoms with Crippen LogP contribution in [0.15, 0.2) is 52.0 Å². The summed E-state index contributed by atoms with van der Waals surface area (Å²) in [5.41, 5.74) is -0.155. The molecule has 6 heteroatoms. The molecule has 0 aliphatic rings. The number of nitrogens with one attached hydrogen (secondary N) is 1. The fraction of sp³-hybridized carbons (Fsp3) is 0.375. The third kappa shape index (κ3) is 4.43. The lowest BCUT2D eigenvalue weighted by Gasteiger charge is -2.22. The molecule has 1 aromatic heterocycles. The van der Waals surface area contributed by atoms with Crippen molar-refractivity contribution in [3.63, 3.8) is 0 Å². The van der Waals surface area contributed by atoms with E-state index >= 15 is 0 Å². The summed E-state index contributed by atoms with van der Waals surface area (Å²) < 4.78 is 32.1. The molecule has 120 valence electrons. The highest BCUT2D eigenvalue weighted by Gasteiger charge is 2.25. The normalized spacial score (nSPS) is 14.7. The predicted molar refractivity (Wildman–Crippen MR) is 84.0 cm³/mol. The molecule has 0 aliphatic heterocycles. The number of benzene rings is 1. The minimum atomic E-state index is -3.64. The van der Waals surface area contributed by atoms with Gasteiger partial charge in [-0.3, -0.25) is 0 Å². The average Bonchev–Trinajstić information content (AvgIpc) is 2.98. The van der Waals surface area contributed by atoms with Crippen molar-refractivity contribution in [1.29, 1.82) is 0 Å². The summed E-state index contributed by atoms with van der Waals surface area (Å²) in [4.78, 5) is 0.193. The summed E-state index contributed by atoms with van der Waals surface area (Å²) in [5, 5.41) is 10.3. The maximum absolute atomic E-state index is 12.2. The molecule has 0 spiro atoms. The van der Waals surface area contributed by atoms with Crippen LogP contribution < -0.4 is 4.72 Å². The second-order valence-corrected chi connectivity index (χ2v) is 7.34. The third-order valence-corrected chi connectivity index (χ3v) is 4.84. The largest absolute Gasteiger partial charge is 0.469 e. The van der Waals surface area contributed by atoms with Gasteiger partial charge in [0.15, 0.2) is 0 Å². The van der Waals surface area contributed by atoms with Crippen molar-refractivity contribution in [3.05, 3.63) is 54.0 Å². The summed E-state index contributed by atoms with van der Waals surface area (Å²) in [7, 11) is -3.64. The van der Waals surface area contributed by atoms with Crippen molar-refractivity contribution >= 4 is 10.0 Å². The Balaban J connectivity index is 2.01. The molecule has 2 rings (SSSR count). The standard InChI is InChI=1S/C16H21NO4S/c1-3-13-6-8-15(9-7-13)22(19,20)17-12-16(2,18)11-14-5-4-10-21-14/h4-10,17-18H,3,11-12H2,1-2H3. The van der Waals surface area contributed by atoms with Gasteiger partial charge in [-0.15, -0.1) is 0 Å². The van der Waals surface area contributed by atoms with E-state index in [1.54, 1.807) is 43.3 Å². The Morgan fingerprint density at radius 1 is 1.23 bits per heavy atom. The molecule has 0 bridgehead atoms. The number of hydrogen-bond acceptors (Lipinski definition) is 4. The maximum Gasteiger partial charge on any atom is 0.240 e. The highest BCUT2D eigenvalue weighted by atomic mass is 32.2. The molecule has 0 amide bonds. The second-order valence-electron chi connectivity index (χ2n) is 5.58. The van der Waals surface area contributed by atoms with Crippen molar-refractivity contribution in [2.45, 2.75) is 37.2 Å². The first kappa shape index (κ1) is 16.7. The minimum absolute atomic E-state index is 0.0917. The lowest BCUT2D eigenvalue weighted by Crippen LogP contribution is -2.42. The lowest BCUT2D eigenvalue weighted by molar-refractivity contribution is 0.0603. The van der Waals surface area contributed by atoms with Gasteiger partial charge in [-0.25, -0.2) is 13.1 Å². The quantitative estimate of drug-likeness (QED) is 0.818. The Bertz CT molecular complexity index is 688. The Morgan fingerprint density at radius 2 is 1.91 bits per heavy atom. The summed E-state index contributed by atoms with van der Waals surface area (Å²) in [5.74, 6) is 0.608. The summed E-state index contributed by atoms with van der Waals surface area (Å²) >= 11 is 0. The fourth-order valence-corrected chi connectivity index (χ4v) is 3.25. The zero-order chi connectivity index (χ0) is 16.2. The molecule has 2 N–H and O–H groups in total. The third-order valence-electron chi connectivity index (χ3n) is 3.42. The van der Waals surface area contributed by atoms with E-state index in [0.717, 1.165) is 12.0 Å². The first-order valence-corrected chi connectivity index (χ1v) is 8.64. The van der Waals surface area contributed by atoms with E-state index in [0.29, 0.717) is 5.76 Å². The van der Waals surface area contributed by atoms with E-state index in [1.165, 1.54) is 6.26 Å². The number of aryl methyl sites for hydroxylation is 1. The molecule has 22 heavy (non-hydrogen) atoms. The van der Waals surface area contributed by atoms with E-state index in [2.05, 4.69) is 4.72 Å². The molecule has 0 radical (unpaired) electrons. The number of aliphatic hydroxyl groups is 1. The highest BCUT2D eigenvalue weighted by molar-refractivity contribution is 7.89. The Morgan fingerprint density at radius 3 is 2.45 bits per heavy atom. The lowest BCUT2D eigenvalue weighted by atomic mass is 10.0. The molecule has 0 fully saturated rings. The first-order valence-electron chi connectivity index (χ1n) is 7.16. The number of sulfonamides is 1. The average molecular weight is 323 g/mol. The fourth-order valence-electron chi connectivity index (χ4n) is 2.09. The van der Waals surface area contributed by atoms with Gasteiger partial charge in [0.1, 0.15) is 5.76 Å². The monoisotopic (exact) mass is 323 g/mol. The number of hydrogen-bond donors (Lipinski definition) is 2. The second kappa shape index (κ2) is 6.64. The van der Waals surface area contributed by atoms with E-state index in [1.807, 2.05) is 6.92 Å². The molecule has 1 unspecified atom stereocenters. The van der Waals surface area contributed by atoms with Crippen LogP contribution in [-0.2, 0) is 22.9 Å². The van der Waals surface area contributed by atoms with Gasteiger partial charge in [-0.1, -0.05) is 19.1 Å². The van der Waals surface area contributed by atoms with Crippen LogP contribution in [0.5, 0.6) is 0 Å². The van der Waals surface area contributed by atoms with Gasteiger partial charge < -0.3 is 9.52 Å². The predicted octanol–water partition coefficient (Wildman–Crippen LogP) is 2.11. The van der Waals surface area contributed by atoms with Gasteiger partial charge in [0.2, 0.25) is 10.0 Å². The molecule has 1 heterocycles. The maximum atomic E-state index is 12.2. The molecular weight excluding hydrogens is 302 g/mol. The molecular formula is C16H21NO4S. The summed E-state index contributed by atoms with van der Waals surface area (Å²) in [6, 6.07) is 10.2. The topological polar surface area (TPSA) is 79.5 Å². The van der Waals surface area contributed by atoms with Crippen LogP contribution in [0.4, 0.5) is 0 Å². The Hall–Kier alpha value is -1.63. The summed E-state index contributed by atoms with van der Waals surface area (Å²) in [6.45, 7) is 3.48. The molecule has 1 aromatic carbocycles. The van der Waals surface area contributed by atoms with E-state index in [-0.39, 0.29) is 17.9 Å². The van der Waals surface area contributed by atoms with Crippen LogP contribution in [-0.4, -0.2) is 25.7 Å². The van der Waals surface area contributed by atoms with Crippen molar-refractivity contribution in [1.82, 2.24) is 4.72 Å². The minimum Gasteiger partial charge on any atom is -0.469 e. The van der Waals surface area contributed by atoms with Crippen molar-refractivity contribution in [2.24, 2.45) is 0 Å². The van der Waals surface area contributed by atoms with E-state index in [4.69, 9.17) is 4.42 Å². The molecule has 0 saturated heterocycles. The van der Waals surface area contributed by atoms with Gasteiger partial charge in [0, 0.05) is 13.0 Å². The highest BCUT2D eigenvalue weighted by Crippen LogP contribution is 2.15. The number of furan rings is 1. The zero-order valence-corrected chi connectivity index (χ0v) is 13.6. The van der Waals surface area contributed by atoms with Crippen LogP contribution in [0.3, 0.4) is 0 Å². The van der Waals surface area contributed by atoms with Crippen LogP contribution in [0.25, 0.3) is 0 Å². The van der Waals surface area contributed by atoms with Crippen LogP contribution in [0.2, 0.25) is 0 Å². The van der Waals surface area contributed by atoms with Crippen LogP contribution >= 0.6 is 0 Å².